The second kappa shape index (κ2) is 11.0. The molecule has 0 saturated carbocycles. The van der Waals surface area contributed by atoms with E-state index in [4.69, 9.17) is 14.5 Å². The first kappa shape index (κ1) is 21.3. The van der Waals surface area contributed by atoms with Gasteiger partial charge in [-0.15, -0.1) is 0 Å². The predicted octanol–water partition coefficient (Wildman–Crippen LogP) is 1.22. The quantitative estimate of drug-likeness (QED) is 0.277. The van der Waals surface area contributed by atoms with Crippen molar-refractivity contribution in [1.29, 1.82) is 0 Å². The first-order valence-electron chi connectivity index (χ1n) is 7.23. The molecule has 0 spiro atoms. The smallest absolute Gasteiger partial charge is 0.320 e. The van der Waals surface area contributed by atoms with Gasteiger partial charge in [0.25, 0.3) is 5.97 Å². The molecule has 0 aromatic heterocycles. The van der Waals surface area contributed by atoms with Gasteiger partial charge in [0, 0.05) is 19.5 Å². The molecule has 0 saturated heterocycles. The molecular formula is C13H23NO8P2. The van der Waals surface area contributed by atoms with E-state index in [0.29, 0.717) is 19.6 Å². The Balaban J connectivity index is 2.30. The molecule has 0 radical (unpaired) electrons. The van der Waals surface area contributed by atoms with E-state index < -0.39 is 22.5 Å². The van der Waals surface area contributed by atoms with E-state index in [2.05, 4.69) is 9.05 Å². The molecule has 1 aromatic rings. The molecule has 0 aliphatic carbocycles. The summed E-state index contributed by atoms with van der Waals surface area (Å²) < 4.78 is 35.6. The molecule has 0 aliphatic heterocycles. The van der Waals surface area contributed by atoms with Gasteiger partial charge in [-0.25, -0.2) is 0 Å². The molecule has 11 heteroatoms. The fraction of sp³-hybridized carbons (Fsp3) is 0.538. The van der Waals surface area contributed by atoms with E-state index in [9.17, 15) is 14.2 Å². The van der Waals surface area contributed by atoms with Crippen LogP contribution in [0.4, 0.5) is 0 Å². The summed E-state index contributed by atoms with van der Waals surface area (Å²) in [4.78, 5) is 19.3. The third-order valence-electron chi connectivity index (χ3n) is 3.00. The molecule has 9 nitrogen and oxygen atoms in total. The average molecular weight is 383 g/mol. The molecule has 1 aromatic carbocycles. The lowest BCUT2D eigenvalue weighted by Crippen LogP contribution is -2.36. The molecule has 1 rings (SSSR count). The summed E-state index contributed by atoms with van der Waals surface area (Å²) in [6.07, 6.45) is 0.440. The normalized spacial score (nSPS) is 16.5. The molecule has 0 fully saturated rings. The number of para-hydroxylation sites is 1. The lowest BCUT2D eigenvalue weighted by molar-refractivity contribution is -0.277. The van der Waals surface area contributed by atoms with Gasteiger partial charge in [0.1, 0.15) is 5.75 Å². The van der Waals surface area contributed by atoms with Crippen LogP contribution in [0.25, 0.3) is 0 Å². The molecule has 0 amide bonds. The van der Waals surface area contributed by atoms with Gasteiger partial charge in [0.15, 0.2) is 0 Å². The summed E-state index contributed by atoms with van der Waals surface area (Å²) in [7, 11) is -5.31. The van der Waals surface area contributed by atoms with E-state index >= 15 is 0 Å². The van der Waals surface area contributed by atoms with Crippen LogP contribution in [0.2, 0.25) is 0 Å². The van der Waals surface area contributed by atoms with Crippen molar-refractivity contribution in [1.82, 2.24) is 4.90 Å². The van der Waals surface area contributed by atoms with Gasteiger partial charge < -0.3 is 24.5 Å². The van der Waals surface area contributed by atoms with Gasteiger partial charge in [-0.2, -0.15) is 0 Å². The predicted molar refractivity (Wildman–Crippen MR) is 88.2 cm³/mol. The fourth-order valence-corrected chi connectivity index (χ4v) is 2.80. The van der Waals surface area contributed by atoms with Gasteiger partial charge in [-0.1, -0.05) is 18.2 Å². The van der Waals surface area contributed by atoms with Crippen molar-refractivity contribution >= 4 is 16.5 Å². The fourth-order valence-electron chi connectivity index (χ4n) is 1.88. The summed E-state index contributed by atoms with van der Waals surface area (Å²) in [5.74, 6) is -1.79. The summed E-state index contributed by atoms with van der Waals surface area (Å²) in [5, 5.41) is 9.86. The molecule has 0 aliphatic rings. The second-order valence-electron chi connectivity index (χ2n) is 5.02. The van der Waals surface area contributed by atoms with Gasteiger partial charge >= 0.3 is 16.5 Å². The van der Waals surface area contributed by atoms with E-state index in [0.717, 1.165) is 5.75 Å². The lowest BCUT2D eigenvalue weighted by atomic mass is 10.3. The van der Waals surface area contributed by atoms with Gasteiger partial charge in [-0.05, 0) is 25.6 Å². The van der Waals surface area contributed by atoms with E-state index in [1.54, 1.807) is 11.9 Å². The molecule has 2 atom stereocenters. The van der Waals surface area contributed by atoms with E-state index in [1.807, 2.05) is 30.3 Å². The lowest BCUT2D eigenvalue weighted by Gasteiger charge is -2.27. The van der Waals surface area contributed by atoms with Crippen molar-refractivity contribution in [2.24, 2.45) is 0 Å². The van der Waals surface area contributed by atoms with Crippen LogP contribution in [0.15, 0.2) is 30.3 Å². The zero-order valence-electron chi connectivity index (χ0n) is 13.3. The maximum absolute atomic E-state index is 10.7. The van der Waals surface area contributed by atoms with Crippen LogP contribution < -0.4 is 4.74 Å². The minimum absolute atomic E-state index is 0.214. The number of benzene rings is 1. The molecular weight excluding hydrogens is 360 g/mol. The average Bonchev–Trinajstić information content (AvgIpc) is 2.49. The van der Waals surface area contributed by atoms with Crippen LogP contribution in [-0.4, -0.2) is 52.5 Å². The number of aliphatic hydroxyl groups is 1. The molecule has 138 valence electrons. The number of nitrogens with zero attached hydrogens (tertiary/aromatic N) is 1. The third-order valence-corrected chi connectivity index (χ3v) is 3.99. The minimum Gasteiger partial charge on any atom is -0.494 e. The van der Waals surface area contributed by atoms with Crippen molar-refractivity contribution in [3.05, 3.63) is 30.3 Å². The number of hydrogen-bond donors (Lipinski definition) is 3. The standard InChI is InChI=1S/C13H23NO8P2/c1-14(9-5-11-20-12-6-3-2-4-7-12)10-8-13(15,21-23(16)17)22-24(18)19/h2-4,6-7,15,23-24H,5,8-11H2,1H3,(H,16,17)(H,18,19). The van der Waals surface area contributed by atoms with Crippen molar-refractivity contribution < 1.29 is 37.8 Å². The van der Waals surface area contributed by atoms with Crippen LogP contribution in [0, 0.1) is 0 Å². The molecule has 3 N–H and O–H groups in total. The number of hydrogen-bond acceptors (Lipinski definition) is 7. The largest absolute Gasteiger partial charge is 0.494 e. The van der Waals surface area contributed by atoms with Crippen molar-refractivity contribution in [3.8, 4) is 5.75 Å². The Labute approximate surface area is 141 Å². The van der Waals surface area contributed by atoms with Crippen molar-refractivity contribution in [3.63, 3.8) is 0 Å². The maximum Gasteiger partial charge on any atom is 0.320 e. The molecule has 0 heterocycles. The maximum atomic E-state index is 10.7. The highest BCUT2D eigenvalue weighted by Crippen LogP contribution is 2.34. The highest BCUT2D eigenvalue weighted by Gasteiger charge is 2.33. The Morgan fingerprint density at radius 3 is 2.21 bits per heavy atom. The van der Waals surface area contributed by atoms with Crippen LogP contribution in [-0.2, 0) is 18.2 Å². The summed E-state index contributed by atoms with van der Waals surface area (Å²) in [6.45, 7) is 1.33. The Morgan fingerprint density at radius 1 is 1.08 bits per heavy atom. The Hall–Kier alpha value is -0.760. The highest BCUT2D eigenvalue weighted by molar-refractivity contribution is 7.33. The van der Waals surface area contributed by atoms with Crippen LogP contribution in [0.5, 0.6) is 5.75 Å². The van der Waals surface area contributed by atoms with Crippen LogP contribution >= 0.6 is 16.5 Å². The van der Waals surface area contributed by atoms with Crippen molar-refractivity contribution in [2.45, 2.75) is 18.8 Å². The molecule has 24 heavy (non-hydrogen) atoms. The van der Waals surface area contributed by atoms with Gasteiger partial charge in [0.05, 0.1) is 6.61 Å². The monoisotopic (exact) mass is 383 g/mol. The van der Waals surface area contributed by atoms with Crippen LogP contribution in [0.3, 0.4) is 0 Å². The SMILES string of the molecule is CN(CCCOc1ccccc1)CCC(O)(O[PH](=O)O)O[PH](=O)O. The first-order valence-corrected chi connectivity index (χ1v) is 9.76. The summed E-state index contributed by atoms with van der Waals surface area (Å²) >= 11 is 0. The van der Waals surface area contributed by atoms with Gasteiger partial charge in [-0.3, -0.25) is 18.2 Å². The number of rotatable bonds is 12. The summed E-state index contributed by atoms with van der Waals surface area (Å²) in [6, 6.07) is 9.36. The van der Waals surface area contributed by atoms with Gasteiger partial charge in [0.2, 0.25) is 0 Å². The molecule has 0 bridgehead atoms. The zero-order valence-corrected chi connectivity index (χ0v) is 15.3. The highest BCUT2D eigenvalue weighted by atomic mass is 31.1. The van der Waals surface area contributed by atoms with E-state index in [1.165, 1.54) is 0 Å². The Morgan fingerprint density at radius 2 is 1.67 bits per heavy atom. The Bertz CT molecular complexity index is 514. The zero-order chi connectivity index (χ0) is 18.0. The van der Waals surface area contributed by atoms with Crippen LogP contribution in [0.1, 0.15) is 12.8 Å². The summed E-state index contributed by atoms with van der Waals surface area (Å²) in [5.41, 5.74) is 0. The second-order valence-corrected chi connectivity index (χ2v) is 6.49. The minimum atomic E-state index is -3.53. The Kier molecular flexibility index (Phi) is 9.73. The first-order chi connectivity index (χ1) is 11.3. The third kappa shape index (κ3) is 9.52. The van der Waals surface area contributed by atoms with Crippen molar-refractivity contribution in [2.75, 3.05) is 26.7 Å². The molecule has 2 unspecified atom stereocenters. The number of ether oxygens (including phenoxy) is 1. The van der Waals surface area contributed by atoms with E-state index in [-0.39, 0.29) is 13.0 Å². The topological polar surface area (TPSA) is 126 Å².